The predicted octanol–water partition coefficient (Wildman–Crippen LogP) is 0.881. The molecule has 0 aromatic rings. The third kappa shape index (κ3) is 1.64. The fourth-order valence-corrected chi connectivity index (χ4v) is 2.97. The first-order chi connectivity index (χ1) is 4.95. The number of rotatable bonds is 1. The molecule has 0 spiro atoms. The van der Waals surface area contributed by atoms with Crippen molar-refractivity contribution in [1.82, 2.24) is 0 Å². The van der Waals surface area contributed by atoms with Gasteiger partial charge in [0.05, 0.1) is 5.25 Å². The highest BCUT2D eigenvalue weighted by molar-refractivity contribution is 7.85. The SMILES string of the molecule is CS(=O)C1CCC(C)(C)C1N. The zero-order chi connectivity index (χ0) is 8.65. The maximum absolute atomic E-state index is 11.2. The van der Waals surface area contributed by atoms with Crippen molar-refractivity contribution >= 4 is 10.8 Å². The van der Waals surface area contributed by atoms with Crippen LogP contribution in [0, 0.1) is 5.41 Å². The second-order valence-corrected chi connectivity index (χ2v) is 5.69. The van der Waals surface area contributed by atoms with E-state index in [1.165, 1.54) is 0 Å². The standard InChI is InChI=1S/C8H17NOS/c1-8(2)5-4-6(7(8)9)11(3)10/h6-7H,4-5,9H2,1-3H3. The van der Waals surface area contributed by atoms with E-state index in [1.54, 1.807) is 6.26 Å². The van der Waals surface area contributed by atoms with Crippen LogP contribution in [-0.2, 0) is 10.8 Å². The first kappa shape index (κ1) is 9.20. The Labute approximate surface area is 71.0 Å². The minimum Gasteiger partial charge on any atom is -0.326 e. The van der Waals surface area contributed by atoms with Gasteiger partial charge in [-0.2, -0.15) is 0 Å². The van der Waals surface area contributed by atoms with Crippen molar-refractivity contribution in [2.24, 2.45) is 11.1 Å². The van der Waals surface area contributed by atoms with Gasteiger partial charge >= 0.3 is 0 Å². The van der Waals surface area contributed by atoms with E-state index in [-0.39, 0.29) is 16.7 Å². The van der Waals surface area contributed by atoms with Crippen LogP contribution in [-0.4, -0.2) is 21.8 Å². The van der Waals surface area contributed by atoms with Gasteiger partial charge < -0.3 is 5.73 Å². The van der Waals surface area contributed by atoms with E-state index in [0.29, 0.717) is 0 Å². The molecule has 0 aliphatic heterocycles. The molecule has 0 amide bonds. The molecule has 0 heterocycles. The Bertz CT molecular complexity index is 179. The van der Waals surface area contributed by atoms with Crippen molar-refractivity contribution in [3.05, 3.63) is 0 Å². The Morgan fingerprint density at radius 3 is 2.27 bits per heavy atom. The summed E-state index contributed by atoms with van der Waals surface area (Å²) in [4.78, 5) is 0. The van der Waals surface area contributed by atoms with E-state index in [0.717, 1.165) is 12.8 Å². The van der Waals surface area contributed by atoms with Crippen LogP contribution in [0.3, 0.4) is 0 Å². The van der Waals surface area contributed by atoms with Crippen LogP contribution in [0.5, 0.6) is 0 Å². The van der Waals surface area contributed by atoms with Gasteiger partial charge in [-0.3, -0.25) is 4.21 Å². The summed E-state index contributed by atoms with van der Waals surface area (Å²) in [5.41, 5.74) is 6.16. The summed E-state index contributed by atoms with van der Waals surface area (Å²) < 4.78 is 11.2. The van der Waals surface area contributed by atoms with E-state index in [1.807, 2.05) is 0 Å². The molecule has 1 saturated carbocycles. The topological polar surface area (TPSA) is 43.1 Å². The lowest BCUT2D eigenvalue weighted by Gasteiger charge is -2.25. The van der Waals surface area contributed by atoms with Crippen molar-refractivity contribution < 1.29 is 4.21 Å². The van der Waals surface area contributed by atoms with E-state index < -0.39 is 10.8 Å². The molecule has 1 fully saturated rings. The normalized spacial score (nSPS) is 38.9. The van der Waals surface area contributed by atoms with Crippen LogP contribution in [0.25, 0.3) is 0 Å². The molecule has 3 atom stereocenters. The van der Waals surface area contributed by atoms with Gasteiger partial charge in [-0.25, -0.2) is 0 Å². The highest BCUT2D eigenvalue weighted by atomic mass is 32.2. The lowest BCUT2D eigenvalue weighted by Crippen LogP contribution is -2.41. The second-order valence-electron chi connectivity index (χ2n) is 4.09. The summed E-state index contributed by atoms with van der Waals surface area (Å²) in [6, 6.07) is 0.119. The van der Waals surface area contributed by atoms with Crippen molar-refractivity contribution in [3.8, 4) is 0 Å². The van der Waals surface area contributed by atoms with E-state index in [2.05, 4.69) is 13.8 Å². The van der Waals surface area contributed by atoms with Crippen LogP contribution in [0.1, 0.15) is 26.7 Å². The first-order valence-corrected chi connectivity index (χ1v) is 5.65. The summed E-state index contributed by atoms with van der Waals surface area (Å²) in [7, 11) is -0.743. The van der Waals surface area contributed by atoms with Crippen LogP contribution < -0.4 is 5.73 Å². The van der Waals surface area contributed by atoms with Crippen LogP contribution in [0.2, 0.25) is 0 Å². The third-order valence-electron chi connectivity index (χ3n) is 2.80. The van der Waals surface area contributed by atoms with Gasteiger partial charge in [-0.05, 0) is 18.3 Å². The van der Waals surface area contributed by atoms with Crippen molar-refractivity contribution in [2.45, 2.75) is 38.0 Å². The quantitative estimate of drug-likeness (QED) is 0.643. The molecule has 11 heavy (non-hydrogen) atoms. The highest BCUT2D eigenvalue weighted by Gasteiger charge is 2.41. The molecule has 66 valence electrons. The summed E-state index contributed by atoms with van der Waals surface area (Å²) in [6.45, 7) is 4.31. The lowest BCUT2D eigenvalue weighted by atomic mass is 9.88. The molecule has 1 aliphatic carbocycles. The summed E-state index contributed by atoms with van der Waals surface area (Å²) in [5.74, 6) is 0. The van der Waals surface area contributed by atoms with Crippen LogP contribution in [0.15, 0.2) is 0 Å². The molecule has 1 rings (SSSR count). The minimum atomic E-state index is -0.743. The second kappa shape index (κ2) is 2.87. The third-order valence-corrected chi connectivity index (χ3v) is 4.18. The van der Waals surface area contributed by atoms with Gasteiger partial charge in [-0.1, -0.05) is 13.8 Å². The van der Waals surface area contributed by atoms with Crippen LogP contribution >= 0.6 is 0 Å². The smallest absolute Gasteiger partial charge is 0.0501 e. The number of nitrogens with two attached hydrogens (primary N) is 1. The molecule has 0 radical (unpaired) electrons. The van der Waals surface area contributed by atoms with Gasteiger partial charge in [0, 0.05) is 23.1 Å². The Morgan fingerprint density at radius 2 is 2.09 bits per heavy atom. The van der Waals surface area contributed by atoms with Gasteiger partial charge in [0.2, 0.25) is 0 Å². The van der Waals surface area contributed by atoms with Gasteiger partial charge in [0.25, 0.3) is 0 Å². The Balaban J connectivity index is 2.71. The Kier molecular flexibility index (Phi) is 2.40. The monoisotopic (exact) mass is 175 g/mol. The molecular formula is C8H17NOS. The maximum atomic E-state index is 11.2. The molecule has 0 aromatic heterocycles. The summed E-state index contributed by atoms with van der Waals surface area (Å²) >= 11 is 0. The lowest BCUT2D eigenvalue weighted by molar-refractivity contribution is 0.334. The number of hydrogen-bond acceptors (Lipinski definition) is 2. The fourth-order valence-electron chi connectivity index (χ4n) is 1.74. The summed E-state index contributed by atoms with van der Waals surface area (Å²) in [5, 5.41) is 0.227. The van der Waals surface area contributed by atoms with E-state index in [9.17, 15) is 4.21 Å². The molecular weight excluding hydrogens is 158 g/mol. The Morgan fingerprint density at radius 1 is 1.55 bits per heavy atom. The number of hydrogen-bond donors (Lipinski definition) is 1. The molecule has 2 N–H and O–H groups in total. The molecule has 0 aromatic carbocycles. The molecule has 1 aliphatic rings. The molecule has 3 heteroatoms. The van der Waals surface area contributed by atoms with Gasteiger partial charge in [0.15, 0.2) is 0 Å². The van der Waals surface area contributed by atoms with E-state index >= 15 is 0 Å². The average molecular weight is 175 g/mol. The van der Waals surface area contributed by atoms with Gasteiger partial charge in [0.1, 0.15) is 0 Å². The molecule has 2 nitrogen and oxygen atoms in total. The zero-order valence-electron chi connectivity index (χ0n) is 7.46. The molecule has 0 bridgehead atoms. The minimum absolute atomic E-state index is 0.119. The van der Waals surface area contributed by atoms with E-state index in [4.69, 9.17) is 5.73 Å². The van der Waals surface area contributed by atoms with Gasteiger partial charge in [-0.15, -0.1) is 0 Å². The largest absolute Gasteiger partial charge is 0.326 e. The summed E-state index contributed by atoms with van der Waals surface area (Å²) in [6.07, 6.45) is 3.89. The zero-order valence-corrected chi connectivity index (χ0v) is 8.28. The predicted molar refractivity (Wildman–Crippen MR) is 48.8 cm³/mol. The highest BCUT2D eigenvalue weighted by Crippen LogP contribution is 2.38. The fraction of sp³-hybridized carbons (Fsp3) is 1.00. The molecule has 3 unspecified atom stereocenters. The van der Waals surface area contributed by atoms with Crippen molar-refractivity contribution in [3.63, 3.8) is 0 Å². The first-order valence-electron chi connectivity index (χ1n) is 4.03. The van der Waals surface area contributed by atoms with Crippen LogP contribution in [0.4, 0.5) is 0 Å². The van der Waals surface area contributed by atoms with Crippen molar-refractivity contribution in [1.29, 1.82) is 0 Å². The average Bonchev–Trinajstić information content (AvgIpc) is 2.09. The maximum Gasteiger partial charge on any atom is 0.0501 e. The van der Waals surface area contributed by atoms with Crippen molar-refractivity contribution in [2.75, 3.05) is 6.26 Å². The molecule has 0 saturated heterocycles. The Hall–Kier alpha value is 0.110.